The van der Waals surface area contributed by atoms with Gasteiger partial charge in [-0.1, -0.05) is 6.92 Å². The second kappa shape index (κ2) is 8.27. The summed E-state index contributed by atoms with van der Waals surface area (Å²) < 4.78 is 11.1. The van der Waals surface area contributed by atoms with Gasteiger partial charge in [-0.2, -0.15) is 0 Å². The van der Waals surface area contributed by atoms with Gasteiger partial charge in [-0.15, -0.1) is 0 Å². The molecule has 0 unspecified atom stereocenters. The van der Waals surface area contributed by atoms with Crippen LogP contribution in [0.15, 0.2) is 0 Å². The third kappa shape index (κ3) is 6.23. The summed E-state index contributed by atoms with van der Waals surface area (Å²) in [7, 11) is 4.14. The SMILES string of the molecule is CC[C@]1(C)C[C@H]([C@](C)(O)CC(=O)OCCC[NH+](C)C)CCO1. The Morgan fingerprint density at radius 3 is 2.77 bits per heavy atom. The van der Waals surface area contributed by atoms with Crippen LogP contribution in [0, 0.1) is 5.92 Å². The van der Waals surface area contributed by atoms with Crippen molar-refractivity contribution < 1.29 is 24.3 Å². The minimum absolute atomic E-state index is 0.0618. The van der Waals surface area contributed by atoms with Gasteiger partial charge in [0.2, 0.25) is 0 Å². The molecule has 0 aromatic carbocycles. The van der Waals surface area contributed by atoms with Crippen LogP contribution in [0.2, 0.25) is 0 Å². The Hall–Kier alpha value is -0.650. The van der Waals surface area contributed by atoms with Gasteiger partial charge in [0, 0.05) is 13.0 Å². The lowest BCUT2D eigenvalue weighted by Gasteiger charge is -2.43. The first-order valence-electron chi connectivity index (χ1n) is 8.49. The monoisotopic (exact) mass is 316 g/mol. The van der Waals surface area contributed by atoms with Gasteiger partial charge in [0.25, 0.3) is 0 Å². The molecule has 0 amide bonds. The fourth-order valence-electron chi connectivity index (χ4n) is 3.01. The van der Waals surface area contributed by atoms with E-state index in [2.05, 4.69) is 27.9 Å². The van der Waals surface area contributed by atoms with Gasteiger partial charge in [0.05, 0.1) is 44.9 Å². The smallest absolute Gasteiger partial charge is 0.308 e. The number of esters is 1. The molecule has 5 heteroatoms. The second-order valence-electron chi connectivity index (χ2n) is 7.41. The Morgan fingerprint density at radius 2 is 2.18 bits per heavy atom. The van der Waals surface area contributed by atoms with Gasteiger partial charge in [0.1, 0.15) is 0 Å². The molecular formula is C17H34NO4+. The number of quaternary nitrogens is 1. The van der Waals surface area contributed by atoms with Crippen molar-refractivity contribution in [3.8, 4) is 0 Å². The predicted octanol–water partition coefficient (Wildman–Crippen LogP) is 0.801. The highest BCUT2D eigenvalue weighted by molar-refractivity contribution is 5.70. The summed E-state index contributed by atoms with van der Waals surface area (Å²) in [5, 5.41) is 10.7. The molecule has 0 aromatic heterocycles. The third-order valence-electron chi connectivity index (χ3n) is 4.81. The molecular weight excluding hydrogens is 282 g/mol. The summed E-state index contributed by atoms with van der Waals surface area (Å²) in [5.41, 5.74) is -1.21. The number of carbonyl (C=O) groups is 1. The Morgan fingerprint density at radius 1 is 1.50 bits per heavy atom. The molecule has 2 N–H and O–H groups in total. The normalized spacial score (nSPS) is 28.4. The zero-order valence-corrected chi connectivity index (χ0v) is 14.9. The molecule has 1 fully saturated rings. The molecule has 1 saturated heterocycles. The highest BCUT2D eigenvalue weighted by Crippen LogP contribution is 2.38. The number of ether oxygens (including phenoxy) is 2. The molecule has 1 aliphatic rings. The van der Waals surface area contributed by atoms with E-state index < -0.39 is 5.60 Å². The van der Waals surface area contributed by atoms with Crippen LogP contribution in [0.3, 0.4) is 0 Å². The molecule has 1 heterocycles. The molecule has 1 aliphatic heterocycles. The minimum atomic E-state index is -1.02. The van der Waals surface area contributed by atoms with E-state index in [0.717, 1.165) is 32.2 Å². The summed E-state index contributed by atoms with van der Waals surface area (Å²) in [6.45, 7) is 7.98. The fourth-order valence-corrected chi connectivity index (χ4v) is 3.01. The average Bonchev–Trinajstić information content (AvgIpc) is 2.43. The molecule has 0 radical (unpaired) electrons. The number of carbonyl (C=O) groups excluding carboxylic acids is 1. The topological polar surface area (TPSA) is 60.2 Å². The van der Waals surface area contributed by atoms with Gasteiger partial charge in [-0.3, -0.25) is 4.79 Å². The molecule has 0 aromatic rings. The van der Waals surface area contributed by atoms with Crippen molar-refractivity contribution in [2.45, 2.75) is 64.1 Å². The van der Waals surface area contributed by atoms with E-state index in [-0.39, 0.29) is 23.9 Å². The van der Waals surface area contributed by atoms with E-state index in [1.54, 1.807) is 6.92 Å². The highest BCUT2D eigenvalue weighted by atomic mass is 16.5. The van der Waals surface area contributed by atoms with E-state index in [1.165, 1.54) is 4.90 Å². The van der Waals surface area contributed by atoms with Crippen molar-refractivity contribution >= 4 is 5.97 Å². The van der Waals surface area contributed by atoms with Crippen LogP contribution in [-0.2, 0) is 14.3 Å². The van der Waals surface area contributed by atoms with Crippen LogP contribution in [0.4, 0.5) is 0 Å². The van der Waals surface area contributed by atoms with Crippen LogP contribution in [0.1, 0.15) is 52.9 Å². The zero-order chi connectivity index (χ0) is 16.8. The number of rotatable bonds is 8. The fraction of sp³-hybridized carbons (Fsp3) is 0.941. The van der Waals surface area contributed by atoms with E-state index in [1.807, 2.05) is 0 Å². The number of nitrogens with one attached hydrogen (secondary N) is 1. The zero-order valence-electron chi connectivity index (χ0n) is 14.9. The van der Waals surface area contributed by atoms with E-state index >= 15 is 0 Å². The highest BCUT2D eigenvalue weighted by Gasteiger charge is 2.42. The molecule has 0 saturated carbocycles. The molecule has 22 heavy (non-hydrogen) atoms. The van der Waals surface area contributed by atoms with Crippen LogP contribution in [-0.4, -0.2) is 56.1 Å². The Balaban J connectivity index is 2.43. The van der Waals surface area contributed by atoms with Crippen molar-refractivity contribution in [1.29, 1.82) is 0 Å². The standard InChI is InChI=1S/C17H33NO4/c1-6-16(2)12-14(8-11-22-16)17(3,20)13-15(19)21-10-7-9-18(4)5/h14,20H,6-13H2,1-5H3/p+1/t14-,16-,17-/m1/s1. The first-order chi connectivity index (χ1) is 10.2. The lowest BCUT2D eigenvalue weighted by Crippen LogP contribution is -3.05. The van der Waals surface area contributed by atoms with Crippen molar-refractivity contribution in [3.63, 3.8) is 0 Å². The molecule has 3 atom stereocenters. The molecule has 130 valence electrons. The third-order valence-corrected chi connectivity index (χ3v) is 4.81. The van der Waals surface area contributed by atoms with Crippen LogP contribution < -0.4 is 4.90 Å². The molecule has 0 bridgehead atoms. The first-order valence-corrected chi connectivity index (χ1v) is 8.49. The molecule has 0 aliphatic carbocycles. The van der Waals surface area contributed by atoms with E-state index in [9.17, 15) is 9.90 Å². The lowest BCUT2D eigenvalue weighted by atomic mass is 9.75. The maximum atomic E-state index is 12.0. The Labute approximate surface area is 135 Å². The predicted molar refractivity (Wildman–Crippen MR) is 85.9 cm³/mol. The largest absolute Gasteiger partial charge is 0.465 e. The molecule has 5 nitrogen and oxygen atoms in total. The van der Waals surface area contributed by atoms with Crippen LogP contribution >= 0.6 is 0 Å². The Kier molecular flexibility index (Phi) is 7.29. The second-order valence-corrected chi connectivity index (χ2v) is 7.41. The minimum Gasteiger partial charge on any atom is -0.465 e. The summed E-state index contributed by atoms with van der Waals surface area (Å²) in [5.74, 6) is -0.228. The van der Waals surface area contributed by atoms with Crippen molar-refractivity contribution in [2.24, 2.45) is 5.92 Å². The quantitative estimate of drug-likeness (QED) is 0.514. The molecule has 1 rings (SSSR count). The summed E-state index contributed by atoms with van der Waals surface area (Å²) in [6, 6.07) is 0. The van der Waals surface area contributed by atoms with Crippen LogP contribution in [0.25, 0.3) is 0 Å². The van der Waals surface area contributed by atoms with Gasteiger partial charge < -0.3 is 19.5 Å². The maximum Gasteiger partial charge on any atom is 0.308 e. The van der Waals surface area contributed by atoms with Gasteiger partial charge in [-0.25, -0.2) is 0 Å². The maximum absolute atomic E-state index is 12.0. The number of hydrogen-bond donors (Lipinski definition) is 2. The summed E-state index contributed by atoms with van der Waals surface area (Å²) in [6.07, 6.45) is 3.40. The average molecular weight is 316 g/mol. The van der Waals surface area contributed by atoms with Crippen molar-refractivity contribution in [1.82, 2.24) is 0 Å². The van der Waals surface area contributed by atoms with Gasteiger partial charge in [-0.05, 0) is 39.0 Å². The first kappa shape index (κ1) is 19.4. The lowest BCUT2D eigenvalue weighted by molar-refractivity contribution is -0.858. The number of hydrogen-bond acceptors (Lipinski definition) is 4. The Bertz CT molecular complexity index is 357. The summed E-state index contributed by atoms with van der Waals surface area (Å²) >= 11 is 0. The summed E-state index contributed by atoms with van der Waals surface area (Å²) in [4.78, 5) is 13.3. The van der Waals surface area contributed by atoms with E-state index in [4.69, 9.17) is 9.47 Å². The number of aliphatic hydroxyl groups is 1. The van der Waals surface area contributed by atoms with Crippen molar-refractivity contribution in [2.75, 3.05) is 33.9 Å². The van der Waals surface area contributed by atoms with Crippen molar-refractivity contribution in [3.05, 3.63) is 0 Å². The van der Waals surface area contributed by atoms with Gasteiger partial charge >= 0.3 is 5.97 Å². The van der Waals surface area contributed by atoms with Gasteiger partial charge in [0.15, 0.2) is 0 Å². The van der Waals surface area contributed by atoms with E-state index in [0.29, 0.717) is 13.2 Å². The van der Waals surface area contributed by atoms with Crippen LogP contribution in [0.5, 0.6) is 0 Å². The molecule has 0 spiro atoms.